The molecule has 1 N–H and O–H groups in total. The first-order valence-electron chi connectivity index (χ1n) is 11.0. The molecule has 4 nitrogen and oxygen atoms in total. The van der Waals surface area contributed by atoms with Crippen LogP contribution in [-0.4, -0.2) is 51.3 Å². The number of hydrogen-bond donors (Lipinski definition) is 1. The Balaban J connectivity index is 1.41. The first-order valence-corrected chi connectivity index (χ1v) is 11.0. The molecule has 1 heterocycles. The van der Waals surface area contributed by atoms with E-state index in [9.17, 15) is 0 Å². The van der Waals surface area contributed by atoms with Gasteiger partial charge in [-0.2, -0.15) is 0 Å². The summed E-state index contributed by atoms with van der Waals surface area (Å²) < 4.78 is 10.8. The molecule has 0 spiro atoms. The van der Waals surface area contributed by atoms with E-state index in [0.29, 0.717) is 6.04 Å². The van der Waals surface area contributed by atoms with Gasteiger partial charge in [-0.1, -0.05) is 36.4 Å². The summed E-state index contributed by atoms with van der Waals surface area (Å²) in [6, 6.07) is 17.8. The van der Waals surface area contributed by atoms with Crippen molar-refractivity contribution in [1.29, 1.82) is 0 Å². The Morgan fingerprint density at radius 1 is 0.897 bits per heavy atom. The second-order valence-corrected chi connectivity index (χ2v) is 7.92. The summed E-state index contributed by atoms with van der Waals surface area (Å²) in [6.45, 7) is 4.62. The zero-order valence-corrected chi connectivity index (χ0v) is 18.0. The summed E-state index contributed by atoms with van der Waals surface area (Å²) >= 11 is 0. The van der Waals surface area contributed by atoms with Gasteiger partial charge in [0.25, 0.3) is 0 Å². The van der Waals surface area contributed by atoms with Crippen LogP contribution >= 0.6 is 0 Å². The first-order chi connectivity index (χ1) is 14.3. The van der Waals surface area contributed by atoms with Crippen molar-refractivity contribution in [2.45, 2.75) is 44.6 Å². The number of piperazine rings is 1. The van der Waals surface area contributed by atoms with Crippen LogP contribution in [-0.2, 0) is 12.8 Å². The van der Waals surface area contributed by atoms with Crippen LogP contribution in [0.4, 0.5) is 0 Å². The van der Waals surface area contributed by atoms with Gasteiger partial charge in [0, 0.05) is 25.7 Å². The molecular formula is C25H36N2O2. The van der Waals surface area contributed by atoms with Crippen molar-refractivity contribution in [3.63, 3.8) is 0 Å². The topological polar surface area (TPSA) is 33.7 Å². The second kappa shape index (κ2) is 11.8. The molecular weight excluding hydrogens is 360 g/mol. The summed E-state index contributed by atoms with van der Waals surface area (Å²) in [5, 5.41) is 3.58. The van der Waals surface area contributed by atoms with Gasteiger partial charge in [-0.25, -0.2) is 0 Å². The number of hydrogen-bond acceptors (Lipinski definition) is 4. The highest BCUT2D eigenvalue weighted by Gasteiger charge is 2.21. The molecule has 1 atom stereocenters. The predicted molar refractivity (Wildman–Crippen MR) is 120 cm³/mol. The largest absolute Gasteiger partial charge is 0.493 e. The second-order valence-electron chi connectivity index (χ2n) is 7.92. The third kappa shape index (κ3) is 6.76. The Bertz CT molecular complexity index is 720. The highest BCUT2D eigenvalue weighted by molar-refractivity contribution is 5.42. The molecule has 0 saturated carbocycles. The van der Waals surface area contributed by atoms with Crippen LogP contribution in [0.1, 0.15) is 36.8 Å². The molecule has 4 heteroatoms. The Morgan fingerprint density at radius 3 is 2.48 bits per heavy atom. The van der Waals surface area contributed by atoms with Crippen molar-refractivity contribution in [1.82, 2.24) is 10.2 Å². The Kier molecular flexibility index (Phi) is 8.84. The SMILES string of the molecule is COc1ccc(CCCC2CNCCN2CCCCc2ccccc2)cc1OC. The van der Waals surface area contributed by atoms with E-state index in [2.05, 4.69) is 52.7 Å². The summed E-state index contributed by atoms with van der Waals surface area (Å²) in [4.78, 5) is 2.70. The van der Waals surface area contributed by atoms with Crippen LogP contribution in [0, 0.1) is 0 Å². The van der Waals surface area contributed by atoms with Crippen molar-refractivity contribution in [2.24, 2.45) is 0 Å². The van der Waals surface area contributed by atoms with Gasteiger partial charge in [-0.05, 0) is 68.3 Å². The standard InChI is InChI=1S/C25H36N2O2/c1-28-24-15-14-22(19-25(24)29-2)12-8-13-23-20-26-16-18-27(23)17-7-6-11-21-9-4-3-5-10-21/h3-5,9-10,14-15,19,23,26H,6-8,11-13,16-18,20H2,1-2H3. The Morgan fingerprint density at radius 2 is 1.69 bits per heavy atom. The number of benzene rings is 2. The average molecular weight is 397 g/mol. The molecule has 1 aliphatic rings. The minimum Gasteiger partial charge on any atom is -0.493 e. The van der Waals surface area contributed by atoms with Gasteiger partial charge in [0.05, 0.1) is 14.2 Å². The number of methoxy groups -OCH3 is 2. The molecule has 1 saturated heterocycles. The van der Waals surface area contributed by atoms with E-state index in [1.54, 1.807) is 14.2 Å². The molecule has 3 rings (SSSR count). The van der Waals surface area contributed by atoms with Crippen LogP contribution in [0.3, 0.4) is 0 Å². The van der Waals surface area contributed by atoms with Crippen molar-refractivity contribution in [3.8, 4) is 11.5 Å². The maximum Gasteiger partial charge on any atom is 0.160 e. The molecule has 0 aliphatic carbocycles. The van der Waals surface area contributed by atoms with E-state index in [-0.39, 0.29) is 0 Å². The fourth-order valence-corrected chi connectivity index (χ4v) is 4.25. The normalized spacial score (nSPS) is 17.2. The van der Waals surface area contributed by atoms with Crippen LogP contribution < -0.4 is 14.8 Å². The Labute approximate surface area is 176 Å². The minimum atomic E-state index is 0.653. The molecule has 29 heavy (non-hydrogen) atoms. The van der Waals surface area contributed by atoms with E-state index in [1.807, 2.05) is 6.07 Å². The summed E-state index contributed by atoms with van der Waals surface area (Å²) in [5.41, 5.74) is 2.78. The lowest BCUT2D eigenvalue weighted by Gasteiger charge is -2.36. The van der Waals surface area contributed by atoms with E-state index >= 15 is 0 Å². The number of ether oxygens (including phenoxy) is 2. The number of aryl methyl sites for hydroxylation is 2. The van der Waals surface area contributed by atoms with Gasteiger partial charge in [-0.15, -0.1) is 0 Å². The molecule has 1 fully saturated rings. The third-order valence-corrected chi connectivity index (χ3v) is 5.93. The molecule has 0 amide bonds. The predicted octanol–water partition coefficient (Wildman–Crippen LogP) is 4.32. The van der Waals surface area contributed by atoms with Crippen molar-refractivity contribution < 1.29 is 9.47 Å². The van der Waals surface area contributed by atoms with Gasteiger partial charge in [0.1, 0.15) is 0 Å². The Hall–Kier alpha value is -2.04. The van der Waals surface area contributed by atoms with E-state index in [4.69, 9.17) is 9.47 Å². The minimum absolute atomic E-state index is 0.653. The summed E-state index contributed by atoms with van der Waals surface area (Å²) in [7, 11) is 3.38. The molecule has 1 unspecified atom stereocenters. The number of rotatable bonds is 11. The molecule has 2 aromatic rings. The zero-order valence-electron chi connectivity index (χ0n) is 18.0. The lowest BCUT2D eigenvalue weighted by atomic mass is 10.0. The smallest absolute Gasteiger partial charge is 0.160 e. The van der Waals surface area contributed by atoms with Crippen LogP contribution in [0.2, 0.25) is 0 Å². The molecule has 1 aliphatic heterocycles. The van der Waals surface area contributed by atoms with E-state index < -0.39 is 0 Å². The van der Waals surface area contributed by atoms with Gasteiger partial charge < -0.3 is 14.8 Å². The number of nitrogens with zero attached hydrogens (tertiary/aromatic N) is 1. The average Bonchev–Trinajstić information content (AvgIpc) is 2.78. The monoisotopic (exact) mass is 396 g/mol. The van der Waals surface area contributed by atoms with Crippen molar-refractivity contribution >= 4 is 0 Å². The molecule has 158 valence electrons. The molecule has 2 aromatic carbocycles. The van der Waals surface area contributed by atoms with Gasteiger partial charge in [-0.3, -0.25) is 4.90 Å². The van der Waals surface area contributed by atoms with Crippen LogP contribution in [0.15, 0.2) is 48.5 Å². The lowest BCUT2D eigenvalue weighted by molar-refractivity contribution is 0.148. The van der Waals surface area contributed by atoms with Crippen LogP contribution in [0.5, 0.6) is 11.5 Å². The third-order valence-electron chi connectivity index (χ3n) is 5.93. The maximum absolute atomic E-state index is 5.43. The molecule has 0 radical (unpaired) electrons. The highest BCUT2D eigenvalue weighted by atomic mass is 16.5. The van der Waals surface area contributed by atoms with Gasteiger partial charge >= 0.3 is 0 Å². The highest BCUT2D eigenvalue weighted by Crippen LogP contribution is 2.28. The maximum atomic E-state index is 5.43. The number of nitrogens with one attached hydrogen (secondary N) is 1. The fourth-order valence-electron chi connectivity index (χ4n) is 4.25. The number of unbranched alkanes of at least 4 members (excludes halogenated alkanes) is 1. The summed E-state index contributed by atoms with van der Waals surface area (Å²) in [5.74, 6) is 1.62. The van der Waals surface area contributed by atoms with Crippen molar-refractivity contribution in [2.75, 3.05) is 40.4 Å². The van der Waals surface area contributed by atoms with Gasteiger partial charge in [0.15, 0.2) is 11.5 Å². The quantitative estimate of drug-likeness (QED) is 0.574. The summed E-state index contributed by atoms with van der Waals surface area (Å²) in [6.07, 6.45) is 7.26. The molecule has 0 aromatic heterocycles. The van der Waals surface area contributed by atoms with Gasteiger partial charge in [0.2, 0.25) is 0 Å². The van der Waals surface area contributed by atoms with E-state index in [0.717, 1.165) is 31.0 Å². The van der Waals surface area contributed by atoms with Crippen molar-refractivity contribution in [3.05, 3.63) is 59.7 Å². The fraction of sp³-hybridized carbons (Fsp3) is 0.520. The molecule has 0 bridgehead atoms. The first kappa shape index (κ1) is 21.7. The van der Waals surface area contributed by atoms with E-state index in [1.165, 1.54) is 56.3 Å². The van der Waals surface area contributed by atoms with Crippen LogP contribution in [0.25, 0.3) is 0 Å². The zero-order chi connectivity index (χ0) is 20.3. The lowest BCUT2D eigenvalue weighted by Crippen LogP contribution is -2.51.